The molecular formula is C21H24N4O2. The van der Waals surface area contributed by atoms with Gasteiger partial charge < -0.3 is 10.4 Å². The highest BCUT2D eigenvalue weighted by atomic mass is 16.4. The van der Waals surface area contributed by atoms with E-state index in [9.17, 15) is 15.2 Å². The van der Waals surface area contributed by atoms with Crippen molar-refractivity contribution in [2.24, 2.45) is 5.92 Å². The Hall–Kier alpha value is -2.65. The first-order valence-corrected chi connectivity index (χ1v) is 9.55. The number of rotatable bonds is 7. The highest BCUT2D eigenvalue weighted by molar-refractivity contribution is 5.94. The Kier molecular flexibility index (Phi) is 4.71. The summed E-state index contributed by atoms with van der Waals surface area (Å²) in [6, 6.07) is 8.86. The number of carboxylic acid groups (broad SMARTS) is 1. The van der Waals surface area contributed by atoms with Crippen LogP contribution in [0.3, 0.4) is 0 Å². The molecule has 27 heavy (non-hydrogen) atoms. The predicted molar refractivity (Wildman–Crippen MR) is 104 cm³/mol. The van der Waals surface area contributed by atoms with Crippen molar-refractivity contribution < 1.29 is 9.90 Å². The minimum atomic E-state index is -0.755. The van der Waals surface area contributed by atoms with E-state index in [1.54, 1.807) is 6.20 Å². The molecule has 0 atom stereocenters. The first-order chi connectivity index (χ1) is 13.0. The molecule has 140 valence electrons. The average molecular weight is 364 g/mol. The minimum absolute atomic E-state index is 0.120. The Morgan fingerprint density at radius 1 is 1.41 bits per heavy atom. The Morgan fingerprint density at radius 3 is 2.85 bits per heavy atom. The highest BCUT2D eigenvalue weighted by Crippen LogP contribution is 2.36. The van der Waals surface area contributed by atoms with Gasteiger partial charge in [0.2, 0.25) is 0 Å². The Balaban J connectivity index is 1.48. The van der Waals surface area contributed by atoms with E-state index < -0.39 is 5.97 Å². The van der Waals surface area contributed by atoms with Gasteiger partial charge in [-0.3, -0.25) is 14.7 Å². The standard InChI is InChI=1S/C21H24N4O2/c1-13-2-5-19-18(6-13)21(15(9-22)10-23-19)24-16-7-17(8-16)25(12-20(26)27)11-14-3-4-14/h2,5-6,10,14,16-17H,3-4,7-8,11-12H2,1H3,(H,23,24)(H,26,27). The van der Waals surface area contributed by atoms with E-state index in [1.807, 2.05) is 19.1 Å². The van der Waals surface area contributed by atoms with Crippen LogP contribution in [-0.2, 0) is 4.79 Å². The number of aliphatic carboxylic acids is 1. The maximum Gasteiger partial charge on any atom is 0.317 e. The molecule has 1 heterocycles. The van der Waals surface area contributed by atoms with E-state index in [4.69, 9.17) is 0 Å². The van der Waals surface area contributed by atoms with Crippen molar-refractivity contribution in [1.82, 2.24) is 9.88 Å². The zero-order chi connectivity index (χ0) is 19.0. The van der Waals surface area contributed by atoms with Gasteiger partial charge in [-0.1, -0.05) is 11.6 Å². The number of fused-ring (bicyclic) bond motifs is 1. The summed E-state index contributed by atoms with van der Waals surface area (Å²) >= 11 is 0. The quantitative estimate of drug-likeness (QED) is 0.784. The van der Waals surface area contributed by atoms with Gasteiger partial charge in [0.05, 0.1) is 23.3 Å². The third kappa shape index (κ3) is 3.88. The summed E-state index contributed by atoms with van der Waals surface area (Å²) in [5.74, 6) is -0.0805. The van der Waals surface area contributed by atoms with Crippen LogP contribution in [0.5, 0.6) is 0 Å². The SMILES string of the molecule is Cc1ccc2ncc(C#N)c(NC3CC(N(CC(=O)O)CC4CC4)C3)c2c1. The molecule has 6 heteroatoms. The summed E-state index contributed by atoms with van der Waals surface area (Å²) < 4.78 is 0. The fourth-order valence-electron chi connectivity index (χ4n) is 3.90. The topological polar surface area (TPSA) is 89.3 Å². The Morgan fingerprint density at radius 2 is 2.19 bits per heavy atom. The van der Waals surface area contributed by atoms with Crippen molar-refractivity contribution >= 4 is 22.6 Å². The van der Waals surface area contributed by atoms with Crippen LogP contribution in [0.1, 0.15) is 36.8 Å². The number of nitriles is 1. The lowest BCUT2D eigenvalue weighted by Crippen LogP contribution is -2.52. The lowest BCUT2D eigenvalue weighted by atomic mass is 9.84. The number of benzene rings is 1. The number of carboxylic acids is 1. The lowest BCUT2D eigenvalue weighted by molar-refractivity contribution is -0.139. The monoisotopic (exact) mass is 364 g/mol. The first-order valence-electron chi connectivity index (χ1n) is 9.55. The molecule has 4 rings (SSSR count). The van der Waals surface area contributed by atoms with E-state index in [0.717, 1.165) is 41.5 Å². The number of pyridine rings is 1. The molecule has 0 spiro atoms. The first kappa shape index (κ1) is 17.7. The van der Waals surface area contributed by atoms with Crippen LogP contribution in [0.2, 0.25) is 0 Å². The maximum atomic E-state index is 11.2. The number of anilines is 1. The van der Waals surface area contributed by atoms with Crippen LogP contribution in [0.4, 0.5) is 5.69 Å². The maximum absolute atomic E-state index is 11.2. The van der Waals surface area contributed by atoms with E-state index in [2.05, 4.69) is 27.3 Å². The van der Waals surface area contributed by atoms with Gasteiger partial charge in [0.1, 0.15) is 6.07 Å². The van der Waals surface area contributed by atoms with Crippen LogP contribution in [0.15, 0.2) is 24.4 Å². The number of aryl methyl sites for hydroxylation is 1. The van der Waals surface area contributed by atoms with Gasteiger partial charge >= 0.3 is 5.97 Å². The van der Waals surface area contributed by atoms with Crippen LogP contribution < -0.4 is 5.32 Å². The van der Waals surface area contributed by atoms with Crippen LogP contribution in [0.25, 0.3) is 10.9 Å². The second-order valence-electron chi connectivity index (χ2n) is 7.91. The third-order valence-corrected chi connectivity index (χ3v) is 5.65. The molecule has 1 aromatic heterocycles. The summed E-state index contributed by atoms with van der Waals surface area (Å²) in [5.41, 5.74) is 3.41. The van der Waals surface area contributed by atoms with Crippen LogP contribution >= 0.6 is 0 Å². The molecule has 2 aliphatic carbocycles. The Bertz CT molecular complexity index is 910. The minimum Gasteiger partial charge on any atom is -0.480 e. The fourth-order valence-corrected chi connectivity index (χ4v) is 3.90. The molecule has 0 saturated heterocycles. The normalized spacial score (nSPS) is 21.7. The molecule has 2 fully saturated rings. The van der Waals surface area contributed by atoms with Gasteiger partial charge in [-0.2, -0.15) is 5.26 Å². The fraction of sp³-hybridized carbons (Fsp3) is 0.476. The number of nitrogens with one attached hydrogen (secondary N) is 1. The summed E-state index contributed by atoms with van der Waals surface area (Å²) in [6.45, 7) is 3.04. The second kappa shape index (κ2) is 7.16. The molecule has 0 amide bonds. The number of hydrogen-bond donors (Lipinski definition) is 2. The van der Waals surface area contributed by atoms with Crippen molar-refractivity contribution in [3.05, 3.63) is 35.5 Å². The zero-order valence-corrected chi connectivity index (χ0v) is 15.5. The van der Waals surface area contributed by atoms with E-state index in [0.29, 0.717) is 17.5 Å². The van der Waals surface area contributed by atoms with Crippen molar-refractivity contribution in [1.29, 1.82) is 5.26 Å². The largest absolute Gasteiger partial charge is 0.480 e. The van der Waals surface area contributed by atoms with Crippen LogP contribution in [-0.4, -0.2) is 46.1 Å². The predicted octanol–water partition coefficient (Wildman–Crippen LogP) is 3.15. The van der Waals surface area contributed by atoms with Gasteiger partial charge in [-0.15, -0.1) is 0 Å². The second-order valence-corrected chi connectivity index (χ2v) is 7.91. The van der Waals surface area contributed by atoms with Crippen molar-refractivity contribution in [2.75, 3.05) is 18.4 Å². The number of hydrogen-bond acceptors (Lipinski definition) is 5. The van der Waals surface area contributed by atoms with Crippen molar-refractivity contribution in [3.63, 3.8) is 0 Å². The Labute approximate surface area is 158 Å². The van der Waals surface area contributed by atoms with Crippen molar-refractivity contribution in [3.8, 4) is 6.07 Å². The summed E-state index contributed by atoms with van der Waals surface area (Å²) in [6.07, 6.45) is 5.87. The number of aromatic nitrogens is 1. The molecule has 6 nitrogen and oxygen atoms in total. The van der Waals surface area contributed by atoms with Gasteiger partial charge in [0.25, 0.3) is 0 Å². The number of nitrogens with zero attached hydrogens (tertiary/aromatic N) is 3. The molecule has 2 aromatic rings. The molecule has 0 radical (unpaired) electrons. The van der Waals surface area contributed by atoms with Crippen molar-refractivity contribution in [2.45, 2.75) is 44.7 Å². The molecular weight excluding hydrogens is 340 g/mol. The molecule has 0 unspecified atom stereocenters. The van der Waals surface area contributed by atoms with Gasteiger partial charge in [-0.05, 0) is 50.7 Å². The number of carbonyl (C=O) groups is 1. The molecule has 1 aromatic carbocycles. The van der Waals surface area contributed by atoms with E-state index >= 15 is 0 Å². The highest BCUT2D eigenvalue weighted by Gasteiger charge is 2.37. The van der Waals surface area contributed by atoms with E-state index in [1.165, 1.54) is 12.8 Å². The third-order valence-electron chi connectivity index (χ3n) is 5.65. The van der Waals surface area contributed by atoms with E-state index in [-0.39, 0.29) is 12.6 Å². The lowest BCUT2D eigenvalue weighted by Gasteiger charge is -2.43. The van der Waals surface area contributed by atoms with Gasteiger partial charge in [0, 0.05) is 30.2 Å². The smallest absolute Gasteiger partial charge is 0.317 e. The molecule has 2 saturated carbocycles. The zero-order valence-electron chi connectivity index (χ0n) is 15.5. The average Bonchev–Trinajstić information content (AvgIpc) is 3.40. The molecule has 0 bridgehead atoms. The molecule has 2 aliphatic rings. The molecule has 2 N–H and O–H groups in total. The van der Waals surface area contributed by atoms with Gasteiger partial charge in [-0.25, -0.2) is 0 Å². The summed E-state index contributed by atoms with van der Waals surface area (Å²) in [7, 11) is 0. The summed E-state index contributed by atoms with van der Waals surface area (Å²) in [4.78, 5) is 17.7. The van der Waals surface area contributed by atoms with Gasteiger partial charge in [0.15, 0.2) is 0 Å². The molecule has 0 aliphatic heterocycles. The van der Waals surface area contributed by atoms with Crippen LogP contribution in [0, 0.1) is 24.2 Å². The summed E-state index contributed by atoms with van der Waals surface area (Å²) in [5, 5.41) is 23.2.